The smallest absolute Gasteiger partial charge is 0.247 e. The van der Waals surface area contributed by atoms with Gasteiger partial charge in [0.25, 0.3) is 0 Å². The SMILES string of the molecule is Clc1ccc(OC(Cl)Cl)c(Cl)c1. The molecule has 1 rings (SSSR count). The van der Waals surface area contributed by atoms with Crippen LogP contribution in [-0.2, 0) is 0 Å². The third kappa shape index (κ3) is 2.91. The molecule has 0 N–H and O–H groups in total. The molecule has 12 heavy (non-hydrogen) atoms. The fourth-order valence-corrected chi connectivity index (χ4v) is 1.31. The largest absolute Gasteiger partial charge is 0.459 e. The van der Waals surface area contributed by atoms with Gasteiger partial charge in [-0.15, -0.1) is 0 Å². The summed E-state index contributed by atoms with van der Waals surface area (Å²) in [4.78, 5) is 0. The lowest BCUT2D eigenvalue weighted by molar-refractivity contribution is 0.354. The predicted molar refractivity (Wildman–Crippen MR) is 52.6 cm³/mol. The van der Waals surface area contributed by atoms with Gasteiger partial charge < -0.3 is 4.74 Å². The molecule has 0 fully saturated rings. The summed E-state index contributed by atoms with van der Waals surface area (Å²) in [6, 6.07) is 4.79. The van der Waals surface area contributed by atoms with Crippen LogP contribution in [0.2, 0.25) is 10.0 Å². The lowest BCUT2D eigenvalue weighted by Crippen LogP contribution is -1.99. The van der Waals surface area contributed by atoms with Gasteiger partial charge in [0, 0.05) is 5.02 Å². The third-order valence-electron chi connectivity index (χ3n) is 1.11. The summed E-state index contributed by atoms with van der Waals surface area (Å²) in [6.45, 7) is 0. The van der Waals surface area contributed by atoms with E-state index in [-0.39, 0.29) is 0 Å². The first kappa shape index (κ1) is 10.3. The minimum absolute atomic E-state index is 0.383. The minimum Gasteiger partial charge on any atom is -0.459 e. The maximum absolute atomic E-state index is 5.75. The van der Waals surface area contributed by atoms with Crippen LogP contribution in [0.5, 0.6) is 5.75 Å². The summed E-state index contributed by atoms with van der Waals surface area (Å²) in [5, 5.41) is -0.00878. The van der Waals surface area contributed by atoms with Crippen molar-refractivity contribution in [3.63, 3.8) is 0 Å². The first-order valence-electron chi connectivity index (χ1n) is 2.99. The monoisotopic (exact) mass is 244 g/mol. The molecule has 0 aliphatic heterocycles. The molecule has 1 aromatic rings. The maximum Gasteiger partial charge on any atom is 0.247 e. The van der Waals surface area contributed by atoms with Crippen LogP contribution in [0.15, 0.2) is 18.2 Å². The van der Waals surface area contributed by atoms with Crippen LogP contribution in [0, 0.1) is 0 Å². The number of halogens is 4. The predicted octanol–water partition coefficient (Wildman–Crippen LogP) is 4.13. The molecular weight excluding hydrogens is 242 g/mol. The molecule has 0 spiro atoms. The molecule has 66 valence electrons. The van der Waals surface area contributed by atoms with Crippen molar-refractivity contribution >= 4 is 46.4 Å². The van der Waals surface area contributed by atoms with Gasteiger partial charge in [-0.25, -0.2) is 0 Å². The van der Waals surface area contributed by atoms with Gasteiger partial charge in [0.15, 0.2) is 0 Å². The van der Waals surface area contributed by atoms with E-state index < -0.39 is 5.02 Å². The van der Waals surface area contributed by atoms with Crippen molar-refractivity contribution in [2.45, 2.75) is 5.02 Å². The Morgan fingerprint density at radius 3 is 2.33 bits per heavy atom. The molecule has 0 saturated carbocycles. The second kappa shape index (κ2) is 4.43. The van der Waals surface area contributed by atoms with Gasteiger partial charge in [-0.05, 0) is 18.2 Å². The van der Waals surface area contributed by atoms with Crippen LogP contribution in [0.1, 0.15) is 0 Å². The van der Waals surface area contributed by atoms with E-state index in [0.29, 0.717) is 15.8 Å². The quantitative estimate of drug-likeness (QED) is 0.712. The van der Waals surface area contributed by atoms with Crippen molar-refractivity contribution in [3.05, 3.63) is 28.2 Å². The first-order valence-corrected chi connectivity index (χ1v) is 4.62. The molecule has 1 nitrogen and oxygen atoms in total. The lowest BCUT2D eigenvalue weighted by atomic mass is 10.3. The van der Waals surface area contributed by atoms with Crippen molar-refractivity contribution < 1.29 is 4.74 Å². The first-order chi connectivity index (χ1) is 5.59. The number of hydrogen-bond acceptors (Lipinski definition) is 1. The topological polar surface area (TPSA) is 9.23 Å². The Balaban J connectivity index is 2.86. The van der Waals surface area contributed by atoms with Crippen LogP contribution in [-0.4, -0.2) is 5.02 Å². The highest BCUT2D eigenvalue weighted by Gasteiger charge is 2.05. The zero-order valence-corrected chi connectivity index (χ0v) is 8.75. The summed E-state index contributed by atoms with van der Waals surface area (Å²) < 4.78 is 4.94. The molecule has 0 unspecified atom stereocenters. The molecule has 1 aromatic carbocycles. The third-order valence-corrected chi connectivity index (χ3v) is 1.82. The van der Waals surface area contributed by atoms with Gasteiger partial charge in [0.2, 0.25) is 5.02 Å². The Bertz CT molecular complexity index is 274. The number of benzene rings is 1. The van der Waals surface area contributed by atoms with Gasteiger partial charge >= 0.3 is 0 Å². The molecule has 0 aliphatic carbocycles. The van der Waals surface area contributed by atoms with Gasteiger partial charge in [0.1, 0.15) is 5.75 Å². The van der Waals surface area contributed by atoms with Crippen LogP contribution in [0.3, 0.4) is 0 Å². The fourth-order valence-electron chi connectivity index (χ4n) is 0.667. The molecule has 0 saturated heterocycles. The number of alkyl halides is 2. The lowest BCUT2D eigenvalue weighted by Gasteiger charge is -2.07. The number of ether oxygens (including phenoxy) is 1. The zero-order valence-electron chi connectivity index (χ0n) is 5.73. The van der Waals surface area contributed by atoms with E-state index >= 15 is 0 Å². The van der Waals surface area contributed by atoms with Gasteiger partial charge in [-0.2, -0.15) is 0 Å². The van der Waals surface area contributed by atoms with Crippen LogP contribution < -0.4 is 4.74 Å². The van der Waals surface area contributed by atoms with Crippen LogP contribution in [0.25, 0.3) is 0 Å². The normalized spacial score (nSPS) is 10.4. The Hall–Kier alpha value is 0.180. The van der Waals surface area contributed by atoms with E-state index in [9.17, 15) is 0 Å². The molecule has 0 bridgehead atoms. The molecular formula is C7H4Cl4O. The van der Waals surface area contributed by atoms with Crippen molar-refractivity contribution in [3.8, 4) is 5.75 Å². The highest BCUT2D eigenvalue weighted by Crippen LogP contribution is 2.29. The highest BCUT2D eigenvalue weighted by molar-refractivity contribution is 6.43. The summed E-state index contributed by atoms with van der Waals surface area (Å²) in [6.07, 6.45) is 0. The van der Waals surface area contributed by atoms with Crippen LogP contribution in [0.4, 0.5) is 0 Å². The average Bonchev–Trinajstić information content (AvgIpc) is 1.94. The van der Waals surface area contributed by atoms with E-state index in [0.717, 1.165) is 0 Å². The van der Waals surface area contributed by atoms with E-state index in [2.05, 4.69) is 0 Å². The Labute approximate surface area is 90.1 Å². The van der Waals surface area contributed by atoms with Gasteiger partial charge in [-0.1, -0.05) is 46.4 Å². The Morgan fingerprint density at radius 2 is 1.83 bits per heavy atom. The van der Waals surface area contributed by atoms with E-state index in [1.807, 2.05) is 0 Å². The van der Waals surface area contributed by atoms with Crippen molar-refractivity contribution in [1.82, 2.24) is 0 Å². The van der Waals surface area contributed by atoms with Gasteiger partial charge in [0.05, 0.1) is 5.02 Å². The fraction of sp³-hybridized carbons (Fsp3) is 0.143. The van der Waals surface area contributed by atoms with E-state index in [1.54, 1.807) is 18.2 Å². The second-order valence-corrected chi connectivity index (χ2v) is 3.81. The molecule has 0 atom stereocenters. The number of rotatable bonds is 2. The summed E-state index contributed by atoms with van der Waals surface area (Å²) >= 11 is 22.1. The van der Waals surface area contributed by atoms with Crippen molar-refractivity contribution in [1.29, 1.82) is 0 Å². The molecule has 5 heteroatoms. The molecule has 0 aliphatic rings. The molecule has 0 radical (unpaired) electrons. The Kier molecular flexibility index (Phi) is 3.78. The average molecular weight is 246 g/mol. The second-order valence-electron chi connectivity index (χ2n) is 1.95. The molecule has 0 heterocycles. The summed E-state index contributed by atoms with van der Waals surface area (Å²) in [5.74, 6) is 0.413. The van der Waals surface area contributed by atoms with Crippen molar-refractivity contribution in [2.75, 3.05) is 0 Å². The highest BCUT2D eigenvalue weighted by atomic mass is 35.5. The molecule has 0 amide bonds. The molecule has 0 aromatic heterocycles. The summed E-state index contributed by atoms with van der Waals surface area (Å²) in [7, 11) is 0. The summed E-state index contributed by atoms with van der Waals surface area (Å²) in [5.41, 5.74) is 0. The standard InChI is InChI=1S/C7H4Cl4O/c8-4-1-2-6(5(9)3-4)12-7(10)11/h1-3,7H. The Morgan fingerprint density at radius 1 is 1.17 bits per heavy atom. The van der Waals surface area contributed by atoms with Gasteiger partial charge in [-0.3, -0.25) is 0 Å². The van der Waals surface area contributed by atoms with Crippen LogP contribution >= 0.6 is 46.4 Å². The number of hydrogen-bond donors (Lipinski definition) is 0. The maximum atomic E-state index is 5.75. The van der Waals surface area contributed by atoms with E-state index in [1.165, 1.54) is 0 Å². The van der Waals surface area contributed by atoms with E-state index in [4.69, 9.17) is 51.1 Å². The van der Waals surface area contributed by atoms with Crippen molar-refractivity contribution in [2.24, 2.45) is 0 Å². The minimum atomic E-state index is -0.927. The zero-order chi connectivity index (χ0) is 9.14.